The minimum absolute atomic E-state index is 0.304. The quantitative estimate of drug-likeness (QED) is 0.639. The van der Waals surface area contributed by atoms with Gasteiger partial charge in [-0.15, -0.1) is 0 Å². The fraction of sp³-hybridized carbons (Fsp3) is 0.364. The van der Waals surface area contributed by atoms with E-state index >= 15 is 0 Å². The number of hydrogen-bond acceptors (Lipinski definition) is 6. The van der Waals surface area contributed by atoms with Crippen LogP contribution in [0.5, 0.6) is 0 Å². The van der Waals surface area contributed by atoms with E-state index in [0.717, 1.165) is 24.5 Å². The van der Waals surface area contributed by atoms with Crippen molar-refractivity contribution < 1.29 is 4.92 Å². The van der Waals surface area contributed by atoms with E-state index in [1.54, 1.807) is 0 Å². The Morgan fingerprint density at radius 1 is 1.45 bits per heavy atom. The molecule has 0 spiro atoms. The van der Waals surface area contributed by atoms with Crippen molar-refractivity contribution in [2.24, 2.45) is 0 Å². The summed E-state index contributed by atoms with van der Waals surface area (Å²) in [6.45, 7) is 3.22. The second kappa shape index (κ2) is 6.42. The average molecular weight is 341 g/mol. The van der Waals surface area contributed by atoms with Crippen molar-refractivity contribution in [3.05, 3.63) is 38.7 Å². The van der Waals surface area contributed by atoms with Crippen molar-refractivity contribution >= 4 is 27.7 Å². The molecule has 0 aliphatic carbocycles. The van der Waals surface area contributed by atoms with Crippen molar-refractivity contribution in [1.29, 1.82) is 0 Å². The first kappa shape index (κ1) is 14.4. The van der Waals surface area contributed by atoms with Crippen molar-refractivity contribution in [3.8, 4) is 0 Å². The molecule has 8 nitrogen and oxygen atoms in total. The second-order valence-corrected chi connectivity index (χ2v) is 4.75. The number of hydrogen-bond donors (Lipinski definition) is 1. The van der Waals surface area contributed by atoms with Gasteiger partial charge in [0.2, 0.25) is 0 Å². The zero-order valence-corrected chi connectivity index (χ0v) is 12.4. The molecular weight excluding hydrogens is 328 g/mol. The van der Waals surface area contributed by atoms with E-state index in [1.807, 2.05) is 18.2 Å². The van der Waals surface area contributed by atoms with E-state index in [9.17, 15) is 10.1 Å². The third-order valence-electron chi connectivity index (χ3n) is 2.45. The Balaban J connectivity index is 2.15. The monoisotopic (exact) mass is 340 g/mol. The lowest BCUT2D eigenvalue weighted by atomic mass is 10.3. The lowest BCUT2D eigenvalue weighted by molar-refractivity contribution is -0.394. The number of halogens is 1. The molecule has 0 bridgehead atoms. The topological polar surface area (TPSA) is 98.8 Å². The van der Waals surface area contributed by atoms with Gasteiger partial charge in [-0.2, -0.15) is 4.68 Å². The normalized spacial score (nSPS) is 10.5. The van der Waals surface area contributed by atoms with Gasteiger partial charge < -0.3 is 15.4 Å². The molecule has 2 rings (SSSR count). The van der Waals surface area contributed by atoms with Crippen molar-refractivity contribution in [2.45, 2.75) is 19.9 Å². The Hall–Kier alpha value is -2.03. The number of rotatable bonds is 6. The molecule has 20 heavy (non-hydrogen) atoms. The summed E-state index contributed by atoms with van der Waals surface area (Å²) in [5.74, 6) is 0.340. The highest BCUT2D eigenvalue weighted by Crippen LogP contribution is 2.14. The third kappa shape index (κ3) is 3.50. The largest absolute Gasteiger partial charge is 0.492 e. The summed E-state index contributed by atoms with van der Waals surface area (Å²) < 4.78 is 1.70. The van der Waals surface area contributed by atoms with Crippen LogP contribution in [-0.4, -0.2) is 31.2 Å². The smallest absolute Gasteiger partial charge is 0.390 e. The Bertz CT molecular complexity index is 615. The van der Waals surface area contributed by atoms with Crippen molar-refractivity contribution in [2.75, 3.05) is 11.9 Å². The minimum Gasteiger partial charge on any atom is -0.390 e. The summed E-state index contributed by atoms with van der Waals surface area (Å²) in [4.78, 5) is 18.1. The second-order valence-electron chi connectivity index (χ2n) is 4.04. The number of nitrogens with zero attached hydrogens (tertiary/aromatic N) is 5. The fourth-order valence-electron chi connectivity index (χ4n) is 1.56. The predicted octanol–water partition coefficient (Wildman–Crippen LogP) is 2.21. The molecule has 0 aliphatic rings. The van der Waals surface area contributed by atoms with Crippen LogP contribution in [0.25, 0.3) is 0 Å². The molecule has 0 amide bonds. The summed E-state index contributed by atoms with van der Waals surface area (Å²) in [5, 5.41) is 17.6. The number of nitrogens with one attached hydrogen (secondary N) is 1. The van der Waals surface area contributed by atoms with E-state index in [2.05, 4.69) is 43.2 Å². The van der Waals surface area contributed by atoms with Gasteiger partial charge in [-0.25, -0.2) is 4.98 Å². The molecule has 106 valence electrons. The van der Waals surface area contributed by atoms with Crippen molar-refractivity contribution in [1.82, 2.24) is 19.7 Å². The molecule has 0 fully saturated rings. The van der Waals surface area contributed by atoms with Crippen LogP contribution in [0.1, 0.15) is 19.0 Å². The van der Waals surface area contributed by atoms with Gasteiger partial charge in [0, 0.05) is 27.6 Å². The summed E-state index contributed by atoms with van der Waals surface area (Å²) in [6, 6.07) is 5.58. The van der Waals surface area contributed by atoms with Crippen LogP contribution >= 0.6 is 15.9 Å². The summed E-state index contributed by atoms with van der Waals surface area (Å²) >= 11 is 3.14. The van der Waals surface area contributed by atoms with Gasteiger partial charge in [0.1, 0.15) is 12.4 Å². The number of pyridine rings is 1. The van der Waals surface area contributed by atoms with E-state index < -0.39 is 10.9 Å². The van der Waals surface area contributed by atoms with Gasteiger partial charge in [0.05, 0.1) is 5.69 Å². The van der Waals surface area contributed by atoms with Gasteiger partial charge in [0.15, 0.2) is 0 Å². The van der Waals surface area contributed by atoms with Gasteiger partial charge >= 0.3 is 5.95 Å². The van der Waals surface area contributed by atoms with E-state index in [1.165, 1.54) is 4.68 Å². The van der Waals surface area contributed by atoms with Gasteiger partial charge in [-0.1, -0.05) is 13.0 Å². The van der Waals surface area contributed by atoms with Crippen LogP contribution in [-0.2, 0) is 6.54 Å². The fourth-order valence-corrected chi connectivity index (χ4v) is 1.93. The van der Waals surface area contributed by atoms with Crippen LogP contribution in [0.15, 0.2) is 22.9 Å². The summed E-state index contributed by atoms with van der Waals surface area (Å²) in [7, 11) is 0. The van der Waals surface area contributed by atoms with E-state index in [-0.39, 0.29) is 0 Å². The standard InChI is InChI=1S/C11H13BrN6O2/c1-2-6-13-9-5-3-4-8(14-9)7-17-10(12)15-11(16-17)18(19)20/h3-5H,2,6-7H2,1H3,(H,13,14). The molecule has 0 saturated heterocycles. The first-order chi connectivity index (χ1) is 9.60. The molecule has 0 radical (unpaired) electrons. The maximum atomic E-state index is 10.6. The first-order valence-corrected chi connectivity index (χ1v) is 6.84. The number of nitro groups is 1. The molecule has 0 atom stereocenters. The minimum atomic E-state index is -0.631. The number of aromatic nitrogens is 4. The SMILES string of the molecule is CCCNc1cccc(Cn2nc([N+](=O)[O-])nc2Br)n1. The molecule has 0 aromatic carbocycles. The van der Waals surface area contributed by atoms with Gasteiger partial charge in [0.25, 0.3) is 4.73 Å². The highest BCUT2D eigenvalue weighted by atomic mass is 79.9. The zero-order valence-electron chi connectivity index (χ0n) is 10.8. The van der Waals surface area contributed by atoms with Gasteiger partial charge in [-0.05, 0) is 28.5 Å². The van der Waals surface area contributed by atoms with Crippen LogP contribution in [0.3, 0.4) is 0 Å². The molecule has 0 saturated carbocycles. The summed E-state index contributed by atoms with van der Waals surface area (Å²) in [5.41, 5.74) is 0.742. The van der Waals surface area contributed by atoms with E-state index in [4.69, 9.17) is 0 Å². The van der Waals surface area contributed by atoms with Crippen molar-refractivity contribution in [3.63, 3.8) is 0 Å². The van der Waals surface area contributed by atoms with Crippen LogP contribution in [0.4, 0.5) is 11.8 Å². The Morgan fingerprint density at radius 3 is 2.90 bits per heavy atom. The molecule has 0 unspecified atom stereocenters. The molecule has 0 aliphatic heterocycles. The Labute approximate surface area is 123 Å². The molecule has 2 heterocycles. The lowest BCUT2D eigenvalue weighted by Crippen LogP contribution is -2.07. The Morgan fingerprint density at radius 2 is 2.25 bits per heavy atom. The van der Waals surface area contributed by atoms with Crippen LogP contribution in [0.2, 0.25) is 0 Å². The number of anilines is 1. The predicted molar refractivity (Wildman–Crippen MR) is 76.5 cm³/mol. The molecule has 9 heteroatoms. The maximum Gasteiger partial charge on any atom is 0.492 e. The Kier molecular flexibility index (Phi) is 4.61. The highest BCUT2D eigenvalue weighted by Gasteiger charge is 2.19. The van der Waals surface area contributed by atoms with E-state index in [0.29, 0.717) is 11.3 Å². The van der Waals surface area contributed by atoms with Gasteiger partial charge in [-0.3, -0.25) is 0 Å². The maximum absolute atomic E-state index is 10.6. The average Bonchev–Trinajstić information content (AvgIpc) is 2.79. The zero-order chi connectivity index (χ0) is 14.5. The van der Waals surface area contributed by atoms with Crippen LogP contribution < -0.4 is 5.32 Å². The molecule has 2 aromatic heterocycles. The highest BCUT2D eigenvalue weighted by molar-refractivity contribution is 9.10. The molecular formula is C11H13BrN6O2. The molecule has 1 N–H and O–H groups in total. The lowest BCUT2D eigenvalue weighted by Gasteiger charge is -2.05. The molecule has 2 aromatic rings. The van der Waals surface area contributed by atoms with Crippen LogP contribution in [0, 0.1) is 10.1 Å². The first-order valence-electron chi connectivity index (χ1n) is 6.04. The summed E-state index contributed by atoms with van der Waals surface area (Å²) in [6.07, 6.45) is 1.01. The third-order valence-corrected chi connectivity index (χ3v) is 3.04.